The van der Waals surface area contributed by atoms with E-state index in [-0.39, 0.29) is 5.78 Å². The Morgan fingerprint density at radius 1 is 1.12 bits per heavy atom. The minimum Gasteiger partial charge on any atom is -0.289 e. The number of carbonyl (C=O) groups is 1. The fourth-order valence-electron chi connectivity index (χ4n) is 1.46. The standard InChI is InChI=1S/C14H11OS/c1-16-13-9-5-8-12(10-13)14(15)11-6-3-2-4-7-11/h2-8,10H,1H3. The maximum absolute atomic E-state index is 12.1. The van der Waals surface area contributed by atoms with Gasteiger partial charge in [0.2, 0.25) is 0 Å². The van der Waals surface area contributed by atoms with E-state index in [0.717, 1.165) is 10.5 Å². The quantitative estimate of drug-likeness (QED) is 0.590. The monoisotopic (exact) mass is 227 g/mol. The van der Waals surface area contributed by atoms with Gasteiger partial charge in [-0.05, 0) is 18.4 Å². The Bertz CT molecular complexity index is 491. The van der Waals surface area contributed by atoms with Gasteiger partial charge < -0.3 is 0 Å². The van der Waals surface area contributed by atoms with Crippen molar-refractivity contribution < 1.29 is 4.79 Å². The van der Waals surface area contributed by atoms with Crippen molar-refractivity contribution in [3.05, 3.63) is 65.7 Å². The van der Waals surface area contributed by atoms with Crippen molar-refractivity contribution in [3.63, 3.8) is 0 Å². The number of benzene rings is 2. The average molecular weight is 227 g/mol. The third kappa shape index (κ3) is 2.34. The van der Waals surface area contributed by atoms with Crippen LogP contribution in [0.1, 0.15) is 15.9 Å². The molecule has 0 atom stereocenters. The van der Waals surface area contributed by atoms with Gasteiger partial charge >= 0.3 is 0 Å². The Labute approximate surface area is 99.5 Å². The normalized spacial score (nSPS) is 10.1. The topological polar surface area (TPSA) is 17.1 Å². The molecule has 16 heavy (non-hydrogen) atoms. The van der Waals surface area contributed by atoms with Gasteiger partial charge in [0.1, 0.15) is 0 Å². The highest BCUT2D eigenvalue weighted by molar-refractivity contribution is 7.98. The zero-order chi connectivity index (χ0) is 11.4. The third-order valence-corrected chi connectivity index (χ3v) is 2.97. The van der Waals surface area contributed by atoms with Crippen LogP contribution in [0, 0.1) is 6.07 Å². The molecule has 1 radical (unpaired) electrons. The van der Waals surface area contributed by atoms with Gasteiger partial charge in [-0.25, -0.2) is 0 Å². The van der Waals surface area contributed by atoms with Crippen LogP contribution in [0.5, 0.6) is 0 Å². The summed E-state index contributed by atoms with van der Waals surface area (Å²) < 4.78 is 0. The summed E-state index contributed by atoms with van der Waals surface area (Å²) in [5, 5.41) is 0. The van der Waals surface area contributed by atoms with Crippen LogP contribution in [-0.2, 0) is 0 Å². The van der Waals surface area contributed by atoms with Crippen LogP contribution in [0.15, 0.2) is 53.4 Å². The lowest BCUT2D eigenvalue weighted by atomic mass is 10.0. The summed E-state index contributed by atoms with van der Waals surface area (Å²) in [6.45, 7) is 0. The second-order valence-corrected chi connectivity index (χ2v) is 4.19. The number of ketones is 1. The molecule has 0 spiro atoms. The van der Waals surface area contributed by atoms with Crippen LogP contribution in [0.25, 0.3) is 0 Å². The van der Waals surface area contributed by atoms with Crippen molar-refractivity contribution in [1.29, 1.82) is 0 Å². The molecule has 2 heteroatoms. The molecular formula is C14H11OS. The van der Waals surface area contributed by atoms with E-state index in [9.17, 15) is 4.79 Å². The van der Waals surface area contributed by atoms with Gasteiger partial charge in [0, 0.05) is 16.0 Å². The van der Waals surface area contributed by atoms with Gasteiger partial charge in [-0.15, -0.1) is 11.8 Å². The van der Waals surface area contributed by atoms with Crippen LogP contribution >= 0.6 is 11.8 Å². The lowest BCUT2D eigenvalue weighted by Gasteiger charge is -2.02. The van der Waals surface area contributed by atoms with Gasteiger partial charge in [-0.2, -0.15) is 0 Å². The zero-order valence-electron chi connectivity index (χ0n) is 8.94. The summed E-state index contributed by atoms with van der Waals surface area (Å²) in [5.74, 6) is 0.0601. The van der Waals surface area contributed by atoms with Crippen LogP contribution in [-0.4, -0.2) is 12.0 Å². The molecule has 0 unspecified atom stereocenters. The molecule has 0 aliphatic carbocycles. The van der Waals surface area contributed by atoms with Crippen LogP contribution < -0.4 is 0 Å². The van der Waals surface area contributed by atoms with Crippen molar-refractivity contribution in [3.8, 4) is 0 Å². The van der Waals surface area contributed by atoms with E-state index in [1.54, 1.807) is 23.9 Å². The van der Waals surface area contributed by atoms with Crippen LogP contribution in [0.4, 0.5) is 0 Å². The molecule has 0 N–H and O–H groups in total. The average Bonchev–Trinajstić information content (AvgIpc) is 2.39. The van der Waals surface area contributed by atoms with E-state index in [0.29, 0.717) is 5.56 Å². The van der Waals surface area contributed by atoms with E-state index in [1.165, 1.54) is 0 Å². The van der Waals surface area contributed by atoms with E-state index < -0.39 is 0 Å². The lowest BCUT2D eigenvalue weighted by molar-refractivity contribution is 0.103. The van der Waals surface area contributed by atoms with Gasteiger partial charge in [-0.1, -0.05) is 42.5 Å². The predicted octanol–water partition coefficient (Wildman–Crippen LogP) is 3.44. The van der Waals surface area contributed by atoms with Gasteiger partial charge in [0.25, 0.3) is 0 Å². The SMILES string of the molecule is CSc1[c]ccc(C(=O)c2ccccc2)c1. The molecule has 0 saturated heterocycles. The van der Waals surface area contributed by atoms with Crippen molar-refractivity contribution in [2.45, 2.75) is 4.90 Å². The van der Waals surface area contributed by atoms with E-state index >= 15 is 0 Å². The Kier molecular flexibility index (Phi) is 3.42. The van der Waals surface area contributed by atoms with Crippen LogP contribution in [0.3, 0.4) is 0 Å². The molecule has 0 aliphatic heterocycles. The molecule has 0 bridgehead atoms. The summed E-state index contributed by atoms with van der Waals surface area (Å²) in [7, 11) is 0. The first-order chi connectivity index (χ1) is 7.81. The Hall–Kier alpha value is -1.54. The highest BCUT2D eigenvalue weighted by atomic mass is 32.2. The molecule has 2 rings (SSSR count). The van der Waals surface area contributed by atoms with Crippen molar-refractivity contribution in [2.24, 2.45) is 0 Å². The van der Waals surface area contributed by atoms with Crippen LogP contribution in [0.2, 0.25) is 0 Å². The second-order valence-electron chi connectivity index (χ2n) is 3.34. The molecule has 0 fully saturated rings. The second kappa shape index (κ2) is 4.99. The number of hydrogen-bond donors (Lipinski definition) is 0. The minimum absolute atomic E-state index is 0.0601. The first kappa shape index (κ1) is 11.0. The zero-order valence-corrected chi connectivity index (χ0v) is 9.75. The first-order valence-corrected chi connectivity index (χ1v) is 6.19. The summed E-state index contributed by atoms with van der Waals surface area (Å²) >= 11 is 1.59. The Morgan fingerprint density at radius 3 is 2.56 bits per heavy atom. The van der Waals surface area contributed by atoms with Crippen molar-refractivity contribution in [2.75, 3.05) is 6.26 Å². The molecule has 0 amide bonds. The van der Waals surface area contributed by atoms with E-state index in [2.05, 4.69) is 6.07 Å². The fourth-order valence-corrected chi connectivity index (χ4v) is 1.89. The maximum Gasteiger partial charge on any atom is 0.193 e. The lowest BCUT2D eigenvalue weighted by Crippen LogP contribution is -2.00. The number of rotatable bonds is 3. The molecule has 0 aromatic heterocycles. The summed E-state index contributed by atoms with van der Waals surface area (Å²) in [6, 6.07) is 17.9. The van der Waals surface area contributed by atoms with Gasteiger partial charge in [-0.3, -0.25) is 4.79 Å². The summed E-state index contributed by atoms with van der Waals surface area (Å²) in [4.78, 5) is 13.1. The predicted molar refractivity (Wildman–Crippen MR) is 66.9 cm³/mol. The van der Waals surface area contributed by atoms with E-state index in [4.69, 9.17) is 0 Å². The fraction of sp³-hybridized carbons (Fsp3) is 0.0714. The Balaban J connectivity index is 2.34. The first-order valence-electron chi connectivity index (χ1n) is 4.97. The summed E-state index contributed by atoms with van der Waals surface area (Å²) in [6.07, 6.45) is 1.97. The highest BCUT2D eigenvalue weighted by Gasteiger charge is 2.08. The summed E-state index contributed by atoms with van der Waals surface area (Å²) in [5.41, 5.74) is 1.44. The van der Waals surface area contributed by atoms with Gasteiger partial charge in [0.15, 0.2) is 5.78 Å². The molecule has 0 heterocycles. The number of carbonyl (C=O) groups excluding carboxylic acids is 1. The van der Waals surface area contributed by atoms with Crippen molar-refractivity contribution in [1.82, 2.24) is 0 Å². The number of hydrogen-bond acceptors (Lipinski definition) is 2. The molecule has 2 aromatic carbocycles. The Morgan fingerprint density at radius 2 is 1.88 bits per heavy atom. The molecular weight excluding hydrogens is 216 g/mol. The molecule has 0 aliphatic rings. The highest BCUT2D eigenvalue weighted by Crippen LogP contribution is 2.17. The van der Waals surface area contributed by atoms with Crippen molar-refractivity contribution >= 4 is 17.5 Å². The molecule has 1 nitrogen and oxygen atoms in total. The molecule has 0 saturated carbocycles. The molecule has 79 valence electrons. The van der Waals surface area contributed by atoms with E-state index in [1.807, 2.05) is 42.7 Å². The minimum atomic E-state index is 0.0601. The molecule has 2 aromatic rings. The smallest absolute Gasteiger partial charge is 0.193 e. The van der Waals surface area contributed by atoms with Gasteiger partial charge in [0.05, 0.1) is 0 Å². The maximum atomic E-state index is 12.1. The third-order valence-electron chi connectivity index (χ3n) is 2.29. The largest absolute Gasteiger partial charge is 0.289 e. The number of thioether (sulfide) groups is 1.